The third kappa shape index (κ3) is 2.67. The minimum Gasteiger partial charge on any atom is -0.385 e. The predicted molar refractivity (Wildman–Crippen MR) is 71.0 cm³/mol. The van der Waals surface area contributed by atoms with Crippen LogP contribution in [0.3, 0.4) is 0 Å². The number of nitrogens with two attached hydrogens (primary N) is 1. The van der Waals surface area contributed by atoms with Crippen LogP contribution in [0.2, 0.25) is 0 Å². The fourth-order valence-electron chi connectivity index (χ4n) is 3.81. The highest BCUT2D eigenvalue weighted by Gasteiger charge is 2.42. The molecular formula is C14H28N2O. The number of methoxy groups -OCH3 is 1. The van der Waals surface area contributed by atoms with Gasteiger partial charge in [-0.2, -0.15) is 0 Å². The highest BCUT2D eigenvalue weighted by Crippen LogP contribution is 2.40. The molecule has 3 heteroatoms. The lowest BCUT2D eigenvalue weighted by atomic mass is 9.85. The number of rotatable bonds is 5. The Hall–Kier alpha value is -0.120. The summed E-state index contributed by atoms with van der Waals surface area (Å²) in [6.45, 7) is 5.13. The Kier molecular flexibility index (Phi) is 4.45. The first-order chi connectivity index (χ1) is 8.21. The van der Waals surface area contributed by atoms with Crippen LogP contribution in [0.1, 0.15) is 45.4 Å². The number of likely N-dealkylation sites (tertiary alicyclic amines) is 1. The molecule has 2 fully saturated rings. The summed E-state index contributed by atoms with van der Waals surface area (Å²) in [4.78, 5) is 2.72. The van der Waals surface area contributed by atoms with Gasteiger partial charge in [0, 0.05) is 31.8 Å². The van der Waals surface area contributed by atoms with Gasteiger partial charge in [-0.15, -0.1) is 0 Å². The summed E-state index contributed by atoms with van der Waals surface area (Å²) < 4.78 is 5.26. The predicted octanol–water partition coefficient (Wildman–Crippen LogP) is 2.00. The number of nitrogens with zero attached hydrogens (tertiary/aromatic N) is 1. The largest absolute Gasteiger partial charge is 0.385 e. The molecule has 2 aliphatic rings. The summed E-state index contributed by atoms with van der Waals surface area (Å²) >= 11 is 0. The summed E-state index contributed by atoms with van der Waals surface area (Å²) in [5, 5.41) is 0. The van der Waals surface area contributed by atoms with Gasteiger partial charge in [0.15, 0.2) is 0 Å². The summed E-state index contributed by atoms with van der Waals surface area (Å²) in [7, 11) is 1.78. The number of fused-ring (bicyclic) bond motifs is 1. The number of hydrogen-bond acceptors (Lipinski definition) is 3. The second-order valence-corrected chi connectivity index (χ2v) is 6.04. The summed E-state index contributed by atoms with van der Waals surface area (Å²) in [6, 6.07) is 0.800. The minimum absolute atomic E-state index is 0.143. The first-order valence-corrected chi connectivity index (χ1v) is 7.17. The van der Waals surface area contributed by atoms with Crippen molar-refractivity contribution < 1.29 is 4.74 Å². The molecule has 3 atom stereocenters. The van der Waals surface area contributed by atoms with Gasteiger partial charge in [0.05, 0.1) is 0 Å². The van der Waals surface area contributed by atoms with Gasteiger partial charge in [0.2, 0.25) is 0 Å². The Morgan fingerprint density at radius 2 is 2.06 bits per heavy atom. The lowest BCUT2D eigenvalue weighted by molar-refractivity contribution is -0.00364. The molecule has 3 unspecified atom stereocenters. The monoisotopic (exact) mass is 240 g/mol. The molecule has 1 aliphatic carbocycles. The first-order valence-electron chi connectivity index (χ1n) is 7.17. The molecule has 1 saturated heterocycles. The van der Waals surface area contributed by atoms with Crippen LogP contribution in [0.5, 0.6) is 0 Å². The third-order valence-corrected chi connectivity index (χ3v) is 4.97. The van der Waals surface area contributed by atoms with Gasteiger partial charge in [0.25, 0.3) is 0 Å². The second-order valence-electron chi connectivity index (χ2n) is 6.04. The van der Waals surface area contributed by atoms with Crippen LogP contribution in [-0.2, 0) is 4.74 Å². The van der Waals surface area contributed by atoms with Crippen molar-refractivity contribution in [1.29, 1.82) is 0 Å². The molecule has 1 saturated carbocycles. The molecule has 17 heavy (non-hydrogen) atoms. The molecule has 0 amide bonds. The molecule has 0 spiro atoms. The van der Waals surface area contributed by atoms with E-state index in [1.807, 2.05) is 0 Å². The molecule has 0 bridgehead atoms. The molecule has 1 heterocycles. The van der Waals surface area contributed by atoms with Gasteiger partial charge in [-0.25, -0.2) is 0 Å². The fourth-order valence-corrected chi connectivity index (χ4v) is 3.81. The van der Waals surface area contributed by atoms with Gasteiger partial charge in [0.1, 0.15) is 0 Å². The molecule has 2 rings (SSSR count). The quantitative estimate of drug-likeness (QED) is 0.799. The summed E-state index contributed by atoms with van der Waals surface area (Å²) in [5.41, 5.74) is 6.21. The van der Waals surface area contributed by atoms with E-state index in [0.717, 1.165) is 31.5 Å². The maximum atomic E-state index is 6.06. The highest BCUT2D eigenvalue weighted by atomic mass is 16.5. The maximum Gasteiger partial charge on any atom is 0.0480 e. The first kappa shape index (κ1) is 13.3. The van der Waals surface area contributed by atoms with Crippen LogP contribution in [0.4, 0.5) is 0 Å². The van der Waals surface area contributed by atoms with Gasteiger partial charge < -0.3 is 10.5 Å². The Morgan fingerprint density at radius 3 is 2.76 bits per heavy atom. The molecule has 0 aromatic carbocycles. The SMILES string of the molecule is COCCC(C)(CN)N1CCCC2CCCC21. The molecule has 2 N–H and O–H groups in total. The van der Waals surface area contributed by atoms with E-state index in [1.165, 1.54) is 38.6 Å². The van der Waals surface area contributed by atoms with Crippen LogP contribution in [-0.4, -0.2) is 43.3 Å². The average Bonchev–Trinajstić information content (AvgIpc) is 2.83. The summed E-state index contributed by atoms with van der Waals surface area (Å²) in [6.07, 6.45) is 8.08. The fraction of sp³-hybridized carbons (Fsp3) is 1.00. The van der Waals surface area contributed by atoms with Crippen LogP contribution in [0.15, 0.2) is 0 Å². The smallest absolute Gasteiger partial charge is 0.0480 e. The second kappa shape index (κ2) is 5.68. The average molecular weight is 240 g/mol. The van der Waals surface area contributed by atoms with Gasteiger partial charge >= 0.3 is 0 Å². The normalized spacial score (nSPS) is 33.4. The van der Waals surface area contributed by atoms with Gasteiger partial charge in [-0.05, 0) is 51.5 Å². The zero-order valence-electron chi connectivity index (χ0n) is 11.5. The Labute approximate surface area is 106 Å². The zero-order valence-corrected chi connectivity index (χ0v) is 11.5. The number of ether oxygens (including phenoxy) is 1. The van der Waals surface area contributed by atoms with Crippen molar-refractivity contribution in [3.63, 3.8) is 0 Å². The molecule has 100 valence electrons. The third-order valence-electron chi connectivity index (χ3n) is 4.97. The van der Waals surface area contributed by atoms with Crippen molar-refractivity contribution >= 4 is 0 Å². The van der Waals surface area contributed by atoms with Crippen molar-refractivity contribution in [3.8, 4) is 0 Å². The standard InChI is InChI=1S/C14H28N2O/c1-14(11-15,8-10-17-2)16-9-4-6-12-5-3-7-13(12)16/h12-13H,3-11,15H2,1-2H3. The number of hydrogen-bond donors (Lipinski definition) is 1. The van der Waals surface area contributed by atoms with E-state index in [0.29, 0.717) is 0 Å². The van der Waals surface area contributed by atoms with E-state index in [-0.39, 0.29) is 5.54 Å². The Balaban J connectivity index is 2.06. The molecule has 0 aromatic rings. The van der Waals surface area contributed by atoms with Crippen LogP contribution < -0.4 is 5.73 Å². The van der Waals surface area contributed by atoms with E-state index in [1.54, 1.807) is 7.11 Å². The van der Waals surface area contributed by atoms with Gasteiger partial charge in [-0.1, -0.05) is 6.42 Å². The van der Waals surface area contributed by atoms with Gasteiger partial charge in [-0.3, -0.25) is 4.90 Å². The van der Waals surface area contributed by atoms with Crippen LogP contribution in [0, 0.1) is 5.92 Å². The van der Waals surface area contributed by atoms with Crippen molar-refractivity contribution in [2.75, 3.05) is 26.8 Å². The van der Waals surface area contributed by atoms with Crippen LogP contribution in [0.25, 0.3) is 0 Å². The molecule has 3 nitrogen and oxygen atoms in total. The minimum atomic E-state index is 0.143. The van der Waals surface area contributed by atoms with Crippen LogP contribution >= 0.6 is 0 Å². The van der Waals surface area contributed by atoms with E-state index in [9.17, 15) is 0 Å². The van der Waals surface area contributed by atoms with Crippen molar-refractivity contribution in [2.24, 2.45) is 11.7 Å². The van der Waals surface area contributed by atoms with Crippen molar-refractivity contribution in [2.45, 2.75) is 57.0 Å². The maximum absolute atomic E-state index is 6.06. The van der Waals surface area contributed by atoms with E-state index < -0.39 is 0 Å². The van der Waals surface area contributed by atoms with E-state index in [4.69, 9.17) is 10.5 Å². The lowest BCUT2D eigenvalue weighted by Crippen LogP contribution is -2.59. The Bertz CT molecular complexity index is 246. The molecule has 0 aromatic heterocycles. The topological polar surface area (TPSA) is 38.5 Å². The zero-order chi connectivity index (χ0) is 12.3. The molecule has 0 radical (unpaired) electrons. The number of piperidine rings is 1. The van der Waals surface area contributed by atoms with Crippen molar-refractivity contribution in [1.82, 2.24) is 4.90 Å². The summed E-state index contributed by atoms with van der Waals surface area (Å²) in [5.74, 6) is 0.942. The van der Waals surface area contributed by atoms with E-state index in [2.05, 4.69) is 11.8 Å². The Morgan fingerprint density at radius 1 is 1.29 bits per heavy atom. The molecular weight excluding hydrogens is 212 g/mol. The van der Waals surface area contributed by atoms with Crippen molar-refractivity contribution in [3.05, 3.63) is 0 Å². The molecule has 1 aliphatic heterocycles. The van der Waals surface area contributed by atoms with E-state index >= 15 is 0 Å². The lowest BCUT2D eigenvalue weighted by Gasteiger charge is -2.49. The highest BCUT2D eigenvalue weighted by molar-refractivity contribution is 4.98.